The van der Waals surface area contributed by atoms with Gasteiger partial charge in [-0.2, -0.15) is 4.31 Å². The maximum Gasteiger partial charge on any atom is 0.246 e. The second kappa shape index (κ2) is 7.83. The van der Waals surface area contributed by atoms with Crippen LogP contribution in [0.1, 0.15) is 12.0 Å². The molecule has 0 aromatic heterocycles. The van der Waals surface area contributed by atoms with Gasteiger partial charge in [0, 0.05) is 31.2 Å². The summed E-state index contributed by atoms with van der Waals surface area (Å²) in [5, 5.41) is 0.696. The standard InChI is InChI=1S/C18H20ClFN2O2S/c19-16-8-6-15(7-9-16)14-21-10-3-11-22(13-12-21)25(23,24)18-5-2-1-4-17(18)20/h1-2,4-9H,3,10-14H2. The highest BCUT2D eigenvalue weighted by Gasteiger charge is 2.28. The first-order valence-corrected chi connectivity index (χ1v) is 10.00. The van der Waals surface area contributed by atoms with Crippen LogP contribution < -0.4 is 0 Å². The van der Waals surface area contributed by atoms with E-state index in [-0.39, 0.29) is 4.90 Å². The lowest BCUT2D eigenvalue weighted by Crippen LogP contribution is -2.35. The van der Waals surface area contributed by atoms with E-state index in [0.29, 0.717) is 31.1 Å². The fraction of sp³-hybridized carbons (Fsp3) is 0.333. The van der Waals surface area contributed by atoms with Crippen LogP contribution in [-0.2, 0) is 16.6 Å². The Hall–Kier alpha value is -1.47. The summed E-state index contributed by atoms with van der Waals surface area (Å²) in [5.41, 5.74) is 1.13. The van der Waals surface area contributed by atoms with Crippen molar-refractivity contribution in [2.45, 2.75) is 17.9 Å². The molecule has 2 aromatic rings. The van der Waals surface area contributed by atoms with Gasteiger partial charge in [-0.3, -0.25) is 4.90 Å². The maximum absolute atomic E-state index is 13.9. The highest BCUT2D eigenvalue weighted by Crippen LogP contribution is 2.21. The molecule has 0 bridgehead atoms. The predicted molar refractivity (Wildman–Crippen MR) is 96.5 cm³/mol. The Morgan fingerprint density at radius 1 is 0.960 bits per heavy atom. The van der Waals surface area contributed by atoms with Crippen LogP contribution in [0.4, 0.5) is 4.39 Å². The molecule has 25 heavy (non-hydrogen) atoms. The molecule has 3 rings (SSSR count). The molecule has 1 saturated heterocycles. The fourth-order valence-corrected chi connectivity index (χ4v) is 4.65. The van der Waals surface area contributed by atoms with Gasteiger partial charge in [-0.1, -0.05) is 35.9 Å². The van der Waals surface area contributed by atoms with Crippen molar-refractivity contribution >= 4 is 21.6 Å². The number of nitrogens with zero attached hydrogens (tertiary/aromatic N) is 2. The minimum Gasteiger partial charge on any atom is -0.298 e. The third kappa shape index (κ3) is 4.39. The van der Waals surface area contributed by atoms with Gasteiger partial charge in [0.2, 0.25) is 10.0 Å². The SMILES string of the molecule is O=S(=O)(c1ccccc1F)N1CCCN(Cc2ccc(Cl)cc2)CC1. The van der Waals surface area contributed by atoms with Crippen molar-refractivity contribution in [3.63, 3.8) is 0 Å². The summed E-state index contributed by atoms with van der Waals surface area (Å²) in [6.07, 6.45) is 0.710. The molecule has 0 saturated carbocycles. The van der Waals surface area contributed by atoms with Crippen LogP contribution in [0, 0.1) is 5.82 Å². The Balaban J connectivity index is 1.69. The average Bonchev–Trinajstić information content (AvgIpc) is 2.83. The van der Waals surface area contributed by atoms with E-state index < -0.39 is 15.8 Å². The highest BCUT2D eigenvalue weighted by molar-refractivity contribution is 7.89. The molecular formula is C18H20ClFN2O2S. The lowest BCUT2D eigenvalue weighted by molar-refractivity contribution is 0.278. The second-order valence-corrected chi connectivity index (χ2v) is 8.43. The molecule has 134 valence electrons. The monoisotopic (exact) mass is 382 g/mol. The Bertz CT molecular complexity index is 827. The van der Waals surface area contributed by atoms with Crippen molar-refractivity contribution in [3.8, 4) is 0 Å². The molecule has 0 N–H and O–H groups in total. The number of benzene rings is 2. The molecule has 4 nitrogen and oxygen atoms in total. The third-order valence-corrected chi connectivity index (χ3v) is 6.51. The largest absolute Gasteiger partial charge is 0.298 e. The third-order valence-electron chi connectivity index (χ3n) is 4.32. The predicted octanol–water partition coefficient (Wildman–Crippen LogP) is 3.38. The molecule has 0 aliphatic carbocycles. The second-order valence-electron chi connectivity index (χ2n) is 6.09. The Morgan fingerprint density at radius 2 is 1.68 bits per heavy atom. The fourth-order valence-electron chi connectivity index (χ4n) is 2.99. The molecule has 1 fully saturated rings. The number of rotatable bonds is 4. The average molecular weight is 383 g/mol. The van der Waals surface area contributed by atoms with Gasteiger partial charge in [-0.25, -0.2) is 12.8 Å². The van der Waals surface area contributed by atoms with Crippen LogP contribution in [0.25, 0.3) is 0 Å². The van der Waals surface area contributed by atoms with Crippen molar-refractivity contribution in [2.75, 3.05) is 26.2 Å². The van der Waals surface area contributed by atoms with E-state index in [2.05, 4.69) is 4.90 Å². The first-order valence-electron chi connectivity index (χ1n) is 8.18. The quantitative estimate of drug-likeness (QED) is 0.814. The van der Waals surface area contributed by atoms with Crippen molar-refractivity contribution < 1.29 is 12.8 Å². The van der Waals surface area contributed by atoms with Gasteiger partial charge in [0.05, 0.1) is 0 Å². The van der Waals surface area contributed by atoms with Crippen LogP contribution in [0.5, 0.6) is 0 Å². The van der Waals surface area contributed by atoms with Crippen LogP contribution >= 0.6 is 11.6 Å². The Kier molecular flexibility index (Phi) is 5.74. The molecule has 0 unspecified atom stereocenters. The van der Waals surface area contributed by atoms with Gasteiger partial charge in [0.15, 0.2) is 0 Å². The molecule has 7 heteroatoms. The van der Waals surface area contributed by atoms with Gasteiger partial charge in [-0.15, -0.1) is 0 Å². The van der Waals surface area contributed by atoms with Crippen LogP contribution in [-0.4, -0.2) is 43.8 Å². The Morgan fingerprint density at radius 3 is 2.40 bits per heavy atom. The zero-order valence-corrected chi connectivity index (χ0v) is 15.3. The van der Waals surface area contributed by atoms with Gasteiger partial charge in [0.25, 0.3) is 0 Å². The van der Waals surface area contributed by atoms with Crippen LogP contribution in [0.15, 0.2) is 53.4 Å². The summed E-state index contributed by atoms with van der Waals surface area (Å²) in [7, 11) is -3.80. The first-order chi connectivity index (χ1) is 12.0. The summed E-state index contributed by atoms with van der Waals surface area (Å²) >= 11 is 5.90. The van der Waals surface area contributed by atoms with Gasteiger partial charge in [0.1, 0.15) is 10.7 Å². The molecule has 0 atom stereocenters. The van der Waals surface area contributed by atoms with Gasteiger partial charge < -0.3 is 0 Å². The van der Waals surface area contributed by atoms with Gasteiger partial charge >= 0.3 is 0 Å². The topological polar surface area (TPSA) is 40.6 Å². The molecular weight excluding hydrogens is 363 g/mol. The Labute approximate surface area is 152 Å². The maximum atomic E-state index is 13.9. The summed E-state index contributed by atoms with van der Waals surface area (Å²) in [6.45, 7) is 2.89. The van der Waals surface area contributed by atoms with Crippen molar-refractivity contribution in [1.29, 1.82) is 0 Å². The van der Waals surface area contributed by atoms with E-state index in [1.165, 1.54) is 22.5 Å². The number of halogens is 2. The number of sulfonamides is 1. The minimum absolute atomic E-state index is 0.249. The van der Waals surface area contributed by atoms with E-state index >= 15 is 0 Å². The van der Waals surface area contributed by atoms with Crippen molar-refractivity contribution in [1.82, 2.24) is 9.21 Å². The summed E-state index contributed by atoms with van der Waals surface area (Å²) in [5.74, 6) is -0.704. The van der Waals surface area contributed by atoms with Crippen LogP contribution in [0.3, 0.4) is 0 Å². The lowest BCUT2D eigenvalue weighted by Gasteiger charge is -2.22. The molecule has 1 aliphatic heterocycles. The molecule has 2 aromatic carbocycles. The summed E-state index contributed by atoms with van der Waals surface area (Å²) < 4.78 is 40.7. The zero-order valence-electron chi connectivity index (χ0n) is 13.7. The summed E-state index contributed by atoms with van der Waals surface area (Å²) in [6, 6.07) is 13.2. The highest BCUT2D eigenvalue weighted by atomic mass is 35.5. The lowest BCUT2D eigenvalue weighted by atomic mass is 10.2. The van der Waals surface area contributed by atoms with E-state index in [1.54, 1.807) is 6.07 Å². The smallest absolute Gasteiger partial charge is 0.246 e. The minimum atomic E-state index is -3.80. The molecule has 0 amide bonds. The molecule has 1 heterocycles. The molecule has 0 radical (unpaired) electrons. The van der Waals surface area contributed by atoms with E-state index in [9.17, 15) is 12.8 Å². The van der Waals surface area contributed by atoms with Crippen molar-refractivity contribution in [3.05, 3.63) is 64.9 Å². The van der Waals surface area contributed by atoms with E-state index in [1.807, 2.05) is 24.3 Å². The van der Waals surface area contributed by atoms with Gasteiger partial charge in [-0.05, 0) is 42.8 Å². The first kappa shape index (κ1) is 18.3. The zero-order chi connectivity index (χ0) is 17.9. The summed E-state index contributed by atoms with van der Waals surface area (Å²) in [4.78, 5) is 1.96. The normalized spacial score (nSPS) is 17.4. The molecule has 1 aliphatic rings. The van der Waals surface area contributed by atoms with E-state index in [4.69, 9.17) is 11.6 Å². The van der Waals surface area contributed by atoms with Crippen molar-refractivity contribution in [2.24, 2.45) is 0 Å². The molecule has 0 spiro atoms. The van der Waals surface area contributed by atoms with Crippen LogP contribution in [0.2, 0.25) is 5.02 Å². The van der Waals surface area contributed by atoms with E-state index in [0.717, 1.165) is 18.7 Å². The number of hydrogen-bond donors (Lipinski definition) is 0. The number of hydrogen-bond acceptors (Lipinski definition) is 3.